The standard InChI is InChI=1S/C36H45N3O5/c1-3-43-32(40)14-16-39(15-13-24-9-5-4-6-10-24)34(41)36(2,22-29-23-37-31-12-8-7-11-30(29)31)38-35(42)44-33-27-18-25-17-26(20-27)21-28(33)19-25/h4-12,23,25-28,33,37H,3,13-22H2,1-2H3,(H,38,42). The summed E-state index contributed by atoms with van der Waals surface area (Å²) >= 11 is 0. The molecule has 1 heterocycles. The largest absolute Gasteiger partial charge is 0.466 e. The Labute approximate surface area is 259 Å². The van der Waals surface area contributed by atoms with Crippen molar-refractivity contribution in [3.05, 3.63) is 71.9 Å². The maximum Gasteiger partial charge on any atom is 0.408 e. The van der Waals surface area contributed by atoms with Gasteiger partial charge in [-0.15, -0.1) is 0 Å². The van der Waals surface area contributed by atoms with Gasteiger partial charge in [0.15, 0.2) is 0 Å². The van der Waals surface area contributed by atoms with Crippen molar-refractivity contribution in [2.45, 2.75) is 76.9 Å². The molecule has 234 valence electrons. The van der Waals surface area contributed by atoms with Gasteiger partial charge in [0.2, 0.25) is 5.91 Å². The molecule has 4 fully saturated rings. The minimum Gasteiger partial charge on any atom is -0.466 e. The van der Waals surface area contributed by atoms with E-state index >= 15 is 0 Å². The van der Waals surface area contributed by atoms with Crippen molar-refractivity contribution in [1.29, 1.82) is 0 Å². The first-order valence-corrected chi connectivity index (χ1v) is 16.3. The number of carbonyl (C=O) groups is 3. The molecule has 1 unspecified atom stereocenters. The Morgan fingerprint density at radius 1 is 0.932 bits per heavy atom. The van der Waals surface area contributed by atoms with Gasteiger partial charge >= 0.3 is 12.1 Å². The summed E-state index contributed by atoms with van der Waals surface area (Å²) in [6.45, 7) is 4.44. The van der Waals surface area contributed by atoms with Gasteiger partial charge in [0.25, 0.3) is 0 Å². The zero-order valence-electron chi connectivity index (χ0n) is 25.9. The number of ether oxygens (including phenoxy) is 2. The van der Waals surface area contributed by atoms with E-state index in [9.17, 15) is 14.4 Å². The number of para-hydroxylation sites is 1. The molecule has 8 nitrogen and oxygen atoms in total. The summed E-state index contributed by atoms with van der Waals surface area (Å²) in [6, 6.07) is 17.9. The number of esters is 1. The van der Waals surface area contributed by atoms with Crippen molar-refractivity contribution in [2.24, 2.45) is 23.7 Å². The lowest BCUT2D eigenvalue weighted by Crippen LogP contribution is -2.61. The van der Waals surface area contributed by atoms with Crippen molar-refractivity contribution >= 4 is 28.9 Å². The van der Waals surface area contributed by atoms with E-state index in [4.69, 9.17) is 9.47 Å². The van der Waals surface area contributed by atoms with E-state index < -0.39 is 11.6 Å². The van der Waals surface area contributed by atoms with E-state index in [1.54, 1.807) is 18.7 Å². The van der Waals surface area contributed by atoms with Crippen LogP contribution in [0.4, 0.5) is 4.79 Å². The highest BCUT2D eigenvalue weighted by Crippen LogP contribution is 2.54. The van der Waals surface area contributed by atoms with E-state index in [2.05, 4.69) is 10.3 Å². The number of H-pyrrole nitrogens is 1. The molecule has 8 heteroatoms. The van der Waals surface area contributed by atoms with Crippen LogP contribution in [0.15, 0.2) is 60.8 Å². The Balaban J connectivity index is 1.25. The first-order valence-electron chi connectivity index (χ1n) is 16.3. The molecule has 4 aliphatic rings. The summed E-state index contributed by atoms with van der Waals surface area (Å²) in [5.74, 6) is 1.78. The van der Waals surface area contributed by atoms with Gasteiger partial charge in [-0.1, -0.05) is 48.5 Å². The Morgan fingerprint density at radius 3 is 2.32 bits per heavy atom. The molecular weight excluding hydrogens is 554 g/mol. The lowest BCUT2D eigenvalue weighted by atomic mass is 9.55. The van der Waals surface area contributed by atoms with Crippen molar-refractivity contribution in [3.63, 3.8) is 0 Å². The van der Waals surface area contributed by atoms with Crippen LogP contribution in [0.5, 0.6) is 0 Å². The van der Waals surface area contributed by atoms with E-state index in [1.165, 1.54) is 6.42 Å². The summed E-state index contributed by atoms with van der Waals surface area (Å²) in [6.07, 6.45) is 8.13. The Hall–Kier alpha value is -3.81. The molecular formula is C36H45N3O5. The van der Waals surface area contributed by atoms with Gasteiger partial charge in [0.1, 0.15) is 11.6 Å². The van der Waals surface area contributed by atoms with Crippen LogP contribution in [-0.2, 0) is 31.9 Å². The normalized spacial score (nSPS) is 24.9. The van der Waals surface area contributed by atoms with Gasteiger partial charge in [-0.2, -0.15) is 0 Å². The average Bonchev–Trinajstić information content (AvgIpc) is 3.41. The van der Waals surface area contributed by atoms with Gasteiger partial charge < -0.3 is 24.7 Å². The second-order valence-electron chi connectivity index (χ2n) is 13.4. The fourth-order valence-electron chi connectivity index (χ4n) is 8.31. The molecule has 3 aromatic rings. The predicted octanol–water partition coefficient (Wildman–Crippen LogP) is 6.04. The maximum absolute atomic E-state index is 14.6. The van der Waals surface area contributed by atoms with Crippen molar-refractivity contribution in [2.75, 3.05) is 19.7 Å². The summed E-state index contributed by atoms with van der Waals surface area (Å²) in [5.41, 5.74) is 1.68. The molecule has 4 saturated carbocycles. The summed E-state index contributed by atoms with van der Waals surface area (Å²) in [4.78, 5) is 45.7. The fourth-order valence-corrected chi connectivity index (χ4v) is 8.31. The van der Waals surface area contributed by atoms with Crippen LogP contribution in [0.1, 0.15) is 63.5 Å². The van der Waals surface area contributed by atoms with Crippen LogP contribution in [-0.4, -0.2) is 59.2 Å². The topological polar surface area (TPSA) is 101 Å². The average molecular weight is 600 g/mol. The summed E-state index contributed by atoms with van der Waals surface area (Å²) in [7, 11) is 0. The molecule has 0 spiro atoms. The van der Waals surface area contributed by atoms with E-state index in [0.29, 0.717) is 24.8 Å². The maximum atomic E-state index is 14.6. The molecule has 2 amide bonds. The second-order valence-corrected chi connectivity index (χ2v) is 13.4. The van der Waals surface area contributed by atoms with E-state index in [0.717, 1.165) is 59.5 Å². The molecule has 4 aliphatic carbocycles. The third kappa shape index (κ3) is 6.64. The monoisotopic (exact) mass is 599 g/mol. The molecule has 4 bridgehead atoms. The predicted molar refractivity (Wildman–Crippen MR) is 169 cm³/mol. The zero-order chi connectivity index (χ0) is 30.7. The number of fused-ring (bicyclic) bond motifs is 1. The molecule has 2 N–H and O–H groups in total. The Kier molecular flexibility index (Phi) is 8.96. The number of benzene rings is 2. The lowest BCUT2D eigenvalue weighted by Gasteiger charge is -2.53. The van der Waals surface area contributed by atoms with Gasteiger partial charge in [0.05, 0.1) is 13.0 Å². The van der Waals surface area contributed by atoms with E-state index in [-0.39, 0.29) is 44.0 Å². The van der Waals surface area contributed by atoms with Gasteiger partial charge in [-0.25, -0.2) is 4.79 Å². The van der Waals surface area contributed by atoms with Crippen LogP contribution in [0.25, 0.3) is 10.9 Å². The summed E-state index contributed by atoms with van der Waals surface area (Å²) in [5, 5.41) is 4.07. The molecule has 0 aliphatic heterocycles. The molecule has 44 heavy (non-hydrogen) atoms. The number of hydrogen-bond donors (Lipinski definition) is 2. The number of aromatic nitrogens is 1. The number of carbonyl (C=O) groups excluding carboxylic acids is 3. The number of nitrogens with one attached hydrogen (secondary N) is 2. The highest BCUT2D eigenvalue weighted by atomic mass is 16.6. The van der Waals surface area contributed by atoms with Gasteiger partial charge in [-0.05, 0) is 93.2 Å². The third-order valence-corrected chi connectivity index (χ3v) is 10.1. The molecule has 0 radical (unpaired) electrons. The zero-order valence-corrected chi connectivity index (χ0v) is 25.9. The van der Waals surface area contributed by atoms with Crippen LogP contribution in [0, 0.1) is 23.7 Å². The number of amides is 2. The van der Waals surface area contributed by atoms with Gasteiger partial charge in [0, 0.05) is 36.6 Å². The smallest absolute Gasteiger partial charge is 0.408 e. The molecule has 7 rings (SSSR count). The van der Waals surface area contributed by atoms with Gasteiger partial charge in [-0.3, -0.25) is 9.59 Å². The number of aromatic amines is 1. The first kappa shape index (κ1) is 30.2. The van der Waals surface area contributed by atoms with Crippen molar-refractivity contribution < 1.29 is 23.9 Å². The van der Waals surface area contributed by atoms with E-state index in [1.807, 2.05) is 60.8 Å². The number of nitrogens with zero attached hydrogens (tertiary/aromatic N) is 1. The number of rotatable bonds is 12. The fraction of sp³-hybridized carbons (Fsp3) is 0.528. The minimum absolute atomic E-state index is 0.0791. The highest BCUT2D eigenvalue weighted by molar-refractivity contribution is 5.92. The molecule has 1 atom stereocenters. The SMILES string of the molecule is CCOC(=O)CCN(CCc1ccccc1)C(=O)C(C)(Cc1c[nH]c2ccccc12)NC(=O)OC1C2CC3CC(C2)CC1C3. The van der Waals surface area contributed by atoms with Crippen LogP contribution in [0.2, 0.25) is 0 Å². The highest BCUT2D eigenvalue weighted by Gasteiger charge is 2.50. The third-order valence-electron chi connectivity index (χ3n) is 10.1. The summed E-state index contributed by atoms with van der Waals surface area (Å²) < 4.78 is 11.4. The van der Waals surface area contributed by atoms with Crippen molar-refractivity contribution in [1.82, 2.24) is 15.2 Å². The quantitative estimate of drug-likeness (QED) is 0.247. The minimum atomic E-state index is -1.31. The Morgan fingerprint density at radius 2 is 1.61 bits per heavy atom. The van der Waals surface area contributed by atoms with Crippen molar-refractivity contribution in [3.8, 4) is 0 Å². The lowest BCUT2D eigenvalue weighted by molar-refractivity contribution is -0.145. The van der Waals surface area contributed by atoms with Crippen LogP contribution >= 0.6 is 0 Å². The molecule has 0 saturated heterocycles. The molecule has 2 aromatic carbocycles. The Bertz CT molecular complexity index is 1440. The molecule has 1 aromatic heterocycles. The first-order chi connectivity index (χ1) is 21.3. The van der Waals surface area contributed by atoms with Crippen LogP contribution < -0.4 is 5.32 Å². The van der Waals surface area contributed by atoms with Crippen LogP contribution in [0.3, 0.4) is 0 Å². The number of hydrogen-bond acceptors (Lipinski definition) is 5. The second kappa shape index (κ2) is 13.0. The number of alkyl carbamates (subject to hydrolysis) is 1.